The minimum atomic E-state index is -4.08. The van der Waals surface area contributed by atoms with Gasteiger partial charge in [0, 0.05) is 18.0 Å². The molecule has 0 aliphatic carbocycles. The van der Waals surface area contributed by atoms with Crippen LogP contribution in [0.1, 0.15) is 37.8 Å². The average Bonchev–Trinajstić information content (AvgIpc) is 2.97. The number of carbonyl (C=O) groups excluding carboxylic acids is 2. The van der Waals surface area contributed by atoms with E-state index in [4.69, 9.17) is 0 Å². The summed E-state index contributed by atoms with van der Waals surface area (Å²) in [6.45, 7) is 6.11. The van der Waals surface area contributed by atoms with Gasteiger partial charge in [-0.25, -0.2) is 8.42 Å². The zero-order valence-corrected chi connectivity index (χ0v) is 25.3. The minimum absolute atomic E-state index is 0.0993. The van der Waals surface area contributed by atoms with E-state index in [1.807, 2.05) is 69.5 Å². The Morgan fingerprint density at radius 1 is 0.925 bits per heavy atom. The Labute approximate surface area is 243 Å². The van der Waals surface area contributed by atoms with Gasteiger partial charge >= 0.3 is 0 Å². The summed E-state index contributed by atoms with van der Waals surface area (Å²) in [5.41, 5.74) is 2.39. The van der Waals surface area contributed by atoms with Gasteiger partial charge in [0.25, 0.3) is 10.0 Å². The number of amides is 2. The number of nitrogens with one attached hydrogen (secondary N) is 1. The molecular formula is C31H39N3O4S2. The number of hydrogen-bond donors (Lipinski definition) is 1. The summed E-state index contributed by atoms with van der Waals surface area (Å²) in [4.78, 5) is 29.7. The molecule has 0 heterocycles. The summed E-state index contributed by atoms with van der Waals surface area (Å²) in [5, 5.41) is 2.91. The van der Waals surface area contributed by atoms with Crippen molar-refractivity contribution >= 4 is 39.3 Å². The monoisotopic (exact) mass is 581 g/mol. The van der Waals surface area contributed by atoms with E-state index in [0.29, 0.717) is 25.1 Å². The quantitative estimate of drug-likeness (QED) is 0.262. The van der Waals surface area contributed by atoms with E-state index in [1.165, 1.54) is 16.7 Å². The molecule has 0 spiro atoms. The first-order valence-corrected chi connectivity index (χ1v) is 16.2. The molecule has 7 nitrogen and oxygen atoms in total. The molecule has 1 atom stereocenters. The maximum Gasteiger partial charge on any atom is 0.264 e. The Morgan fingerprint density at radius 3 is 2.15 bits per heavy atom. The Balaban J connectivity index is 1.99. The topological polar surface area (TPSA) is 86.8 Å². The van der Waals surface area contributed by atoms with E-state index in [0.717, 1.165) is 26.7 Å². The van der Waals surface area contributed by atoms with Gasteiger partial charge in [-0.2, -0.15) is 0 Å². The van der Waals surface area contributed by atoms with Crippen LogP contribution in [0.25, 0.3) is 0 Å². The van der Waals surface area contributed by atoms with E-state index >= 15 is 0 Å². The molecule has 3 rings (SSSR count). The summed E-state index contributed by atoms with van der Waals surface area (Å²) in [5.74, 6) is -0.664. The second-order valence-corrected chi connectivity index (χ2v) is 12.3. The molecule has 3 aromatic rings. The summed E-state index contributed by atoms with van der Waals surface area (Å²) in [7, 11) is -4.08. The number of sulfonamides is 1. The van der Waals surface area contributed by atoms with Gasteiger partial charge < -0.3 is 10.2 Å². The first-order valence-electron chi connectivity index (χ1n) is 13.6. The first-order chi connectivity index (χ1) is 19.2. The Morgan fingerprint density at radius 2 is 1.57 bits per heavy atom. The van der Waals surface area contributed by atoms with E-state index < -0.39 is 28.5 Å². The summed E-state index contributed by atoms with van der Waals surface area (Å²) in [6.07, 6.45) is 3.64. The number of anilines is 1. The molecule has 214 valence electrons. The second kappa shape index (κ2) is 14.9. The van der Waals surface area contributed by atoms with Crippen molar-refractivity contribution in [1.82, 2.24) is 10.2 Å². The van der Waals surface area contributed by atoms with E-state index in [9.17, 15) is 18.0 Å². The summed E-state index contributed by atoms with van der Waals surface area (Å²) < 4.78 is 29.0. The Bertz CT molecular complexity index is 1350. The number of hydrogen-bond acceptors (Lipinski definition) is 5. The number of benzene rings is 3. The van der Waals surface area contributed by atoms with Crippen LogP contribution in [0.3, 0.4) is 0 Å². The highest BCUT2D eigenvalue weighted by molar-refractivity contribution is 7.98. The van der Waals surface area contributed by atoms with Crippen molar-refractivity contribution in [2.24, 2.45) is 0 Å². The van der Waals surface area contributed by atoms with Gasteiger partial charge in [0.1, 0.15) is 12.6 Å². The van der Waals surface area contributed by atoms with E-state index in [-0.39, 0.29) is 17.3 Å². The third kappa shape index (κ3) is 8.11. The van der Waals surface area contributed by atoms with Crippen LogP contribution in [0.5, 0.6) is 0 Å². The van der Waals surface area contributed by atoms with Gasteiger partial charge in [-0.05, 0) is 74.4 Å². The van der Waals surface area contributed by atoms with E-state index in [1.54, 1.807) is 36.4 Å². The second-order valence-electron chi connectivity index (χ2n) is 9.56. The molecule has 40 heavy (non-hydrogen) atoms. The van der Waals surface area contributed by atoms with Gasteiger partial charge in [-0.15, -0.1) is 11.8 Å². The first kappa shape index (κ1) is 31.2. The fourth-order valence-corrected chi connectivity index (χ4v) is 6.20. The molecule has 0 saturated heterocycles. The van der Waals surface area contributed by atoms with Crippen molar-refractivity contribution < 1.29 is 18.0 Å². The van der Waals surface area contributed by atoms with Crippen LogP contribution in [0.15, 0.2) is 88.7 Å². The molecular weight excluding hydrogens is 542 g/mol. The highest BCUT2D eigenvalue weighted by atomic mass is 32.2. The lowest BCUT2D eigenvalue weighted by Gasteiger charge is -2.33. The van der Waals surface area contributed by atoms with Crippen molar-refractivity contribution in [3.63, 3.8) is 0 Å². The lowest BCUT2D eigenvalue weighted by atomic mass is 10.1. The fourth-order valence-electron chi connectivity index (χ4n) is 4.38. The molecule has 0 aromatic heterocycles. The number of carbonyl (C=O) groups is 2. The molecule has 0 fully saturated rings. The van der Waals surface area contributed by atoms with Gasteiger partial charge in [0.15, 0.2) is 0 Å². The van der Waals surface area contributed by atoms with Crippen molar-refractivity contribution in [1.29, 1.82) is 0 Å². The number of aryl methyl sites for hydroxylation is 1. The van der Waals surface area contributed by atoms with Crippen LogP contribution in [0.4, 0.5) is 5.69 Å². The van der Waals surface area contributed by atoms with Crippen molar-refractivity contribution in [2.45, 2.75) is 55.9 Å². The molecule has 9 heteroatoms. The van der Waals surface area contributed by atoms with Crippen LogP contribution in [0.2, 0.25) is 0 Å². The normalized spacial score (nSPS) is 12.0. The molecule has 0 aliphatic rings. The molecule has 0 unspecified atom stereocenters. The molecule has 0 aliphatic heterocycles. The van der Waals surface area contributed by atoms with Gasteiger partial charge in [-0.1, -0.05) is 61.9 Å². The van der Waals surface area contributed by atoms with Gasteiger partial charge in [-0.3, -0.25) is 13.9 Å². The highest BCUT2D eigenvalue weighted by Gasteiger charge is 2.33. The van der Waals surface area contributed by atoms with Gasteiger partial charge in [0.05, 0.1) is 10.6 Å². The lowest BCUT2D eigenvalue weighted by Crippen LogP contribution is -2.53. The predicted molar refractivity (Wildman–Crippen MR) is 163 cm³/mol. The summed E-state index contributed by atoms with van der Waals surface area (Å²) in [6, 6.07) is 22.7. The fraction of sp³-hybridized carbons (Fsp3) is 0.355. The van der Waals surface area contributed by atoms with Crippen molar-refractivity contribution in [3.05, 3.63) is 90.0 Å². The summed E-state index contributed by atoms with van der Waals surface area (Å²) >= 11 is 1.52. The predicted octanol–water partition coefficient (Wildman–Crippen LogP) is 5.29. The zero-order valence-electron chi connectivity index (χ0n) is 23.7. The van der Waals surface area contributed by atoms with Crippen LogP contribution in [-0.2, 0) is 26.0 Å². The molecule has 3 aromatic carbocycles. The maximum atomic E-state index is 14.0. The third-order valence-corrected chi connectivity index (χ3v) is 9.20. The van der Waals surface area contributed by atoms with Crippen LogP contribution < -0.4 is 9.62 Å². The average molecular weight is 582 g/mol. The smallest absolute Gasteiger partial charge is 0.264 e. The number of thioether (sulfide) groups is 1. The van der Waals surface area contributed by atoms with Crippen LogP contribution in [-0.4, -0.2) is 57.1 Å². The molecule has 0 radical (unpaired) electrons. The third-order valence-electron chi connectivity index (χ3n) is 6.67. The lowest BCUT2D eigenvalue weighted by molar-refractivity contribution is -0.139. The van der Waals surface area contributed by atoms with E-state index in [2.05, 4.69) is 5.32 Å². The molecule has 0 bridgehead atoms. The van der Waals surface area contributed by atoms with Crippen molar-refractivity contribution in [2.75, 3.05) is 30.2 Å². The molecule has 2 amide bonds. The number of nitrogens with zero attached hydrogens (tertiary/aromatic N) is 2. The Hall–Kier alpha value is -3.30. The van der Waals surface area contributed by atoms with Crippen LogP contribution in [0, 0.1) is 6.92 Å². The minimum Gasteiger partial charge on any atom is -0.354 e. The zero-order chi connectivity index (χ0) is 29.1. The van der Waals surface area contributed by atoms with Gasteiger partial charge in [0.2, 0.25) is 11.8 Å². The van der Waals surface area contributed by atoms with Crippen molar-refractivity contribution in [3.8, 4) is 0 Å². The molecule has 1 N–H and O–H groups in total. The Kier molecular flexibility index (Phi) is 11.6. The maximum absolute atomic E-state index is 14.0. The highest BCUT2D eigenvalue weighted by Crippen LogP contribution is 2.26. The van der Waals surface area contributed by atoms with Crippen LogP contribution >= 0.6 is 11.8 Å². The molecule has 0 saturated carbocycles. The number of rotatable bonds is 14. The standard InChI is InChI=1S/C31H39N3O4S2/c1-5-21-32-31(36)29(6-2)33(22-20-25-10-8-7-9-11-25)30(35)23-34(26-14-12-24(3)13-15-26)40(37,38)28-18-16-27(39-4)17-19-28/h7-19,29H,5-6,20-23H2,1-4H3,(H,32,36)/t29-/m0/s1. The largest absolute Gasteiger partial charge is 0.354 e. The SMILES string of the molecule is CCCNC(=O)[C@H](CC)N(CCc1ccccc1)C(=O)CN(c1ccc(C)cc1)S(=O)(=O)c1ccc(SC)cc1.